The van der Waals surface area contributed by atoms with Crippen LogP contribution in [0.5, 0.6) is 0 Å². The van der Waals surface area contributed by atoms with Crippen molar-refractivity contribution in [3.8, 4) is 0 Å². The van der Waals surface area contributed by atoms with Gasteiger partial charge in [-0.1, -0.05) is 0 Å². The van der Waals surface area contributed by atoms with Gasteiger partial charge in [-0.25, -0.2) is 9.78 Å². The van der Waals surface area contributed by atoms with Crippen LogP contribution in [0, 0.1) is 0 Å². The Bertz CT molecular complexity index is 295. The minimum absolute atomic E-state index is 0.330. The maximum Gasteiger partial charge on any atom is 0.330 e. The molecular weight excluding hydrogens is 170 g/mol. The van der Waals surface area contributed by atoms with E-state index in [4.69, 9.17) is 10.5 Å². The van der Waals surface area contributed by atoms with Crippen molar-refractivity contribution in [2.75, 3.05) is 6.61 Å². The van der Waals surface area contributed by atoms with Crippen LogP contribution in [0.25, 0.3) is 0 Å². The summed E-state index contributed by atoms with van der Waals surface area (Å²) in [5, 5.41) is 0. The average molecular weight is 183 g/mol. The van der Waals surface area contributed by atoms with Crippen molar-refractivity contribution in [1.29, 1.82) is 0 Å². The number of aryl methyl sites for hydroxylation is 1. The molecule has 0 aliphatic carbocycles. The Hall–Kier alpha value is -1.36. The molecule has 1 rings (SSSR count). The van der Waals surface area contributed by atoms with Crippen molar-refractivity contribution >= 4 is 5.97 Å². The zero-order valence-corrected chi connectivity index (χ0v) is 7.73. The number of carbonyl (C=O) groups excluding carboxylic acids is 1. The Morgan fingerprint density at radius 3 is 3.00 bits per heavy atom. The number of ether oxygens (including phenoxy) is 1. The van der Waals surface area contributed by atoms with Crippen LogP contribution in [-0.4, -0.2) is 22.1 Å². The van der Waals surface area contributed by atoms with E-state index in [0.717, 1.165) is 0 Å². The molecule has 0 aromatic carbocycles. The number of hydrogen-bond acceptors (Lipinski definition) is 4. The molecule has 72 valence electrons. The van der Waals surface area contributed by atoms with Crippen LogP contribution in [0.15, 0.2) is 12.4 Å². The first-order valence-electron chi connectivity index (χ1n) is 4.06. The Kier molecular flexibility index (Phi) is 3.02. The molecule has 5 nitrogen and oxygen atoms in total. The van der Waals surface area contributed by atoms with E-state index in [9.17, 15) is 4.79 Å². The molecule has 0 saturated carbocycles. The molecule has 0 radical (unpaired) electrons. The van der Waals surface area contributed by atoms with Crippen LogP contribution in [0.4, 0.5) is 0 Å². The van der Waals surface area contributed by atoms with Crippen molar-refractivity contribution < 1.29 is 9.53 Å². The van der Waals surface area contributed by atoms with Gasteiger partial charge in [-0.15, -0.1) is 0 Å². The minimum Gasteiger partial charge on any atom is -0.464 e. The van der Waals surface area contributed by atoms with Crippen molar-refractivity contribution in [1.82, 2.24) is 9.55 Å². The third-order valence-corrected chi connectivity index (χ3v) is 1.68. The SMILES string of the molecule is CCOC(=O)[C@@H](N)c1nccn1C. The van der Waals surface area contributed by atoms with Crippen molar-refractivity contribution in [3.05, 3.63) is 18.2 Å². The Balaban J connectivity index is 2.73. The van der Waals surface area contributed by atoms with E-state index in [1.165, 1.54) is 0 Å². The number of esters is 1. The van der Waals surface area contributed by atoms with Gasteiger partial charge in [0.05, 0.1) is 6.61 Å². The van der Waals surface area contributed by atoms with E-state index >= 15 is 0 Å². The number of aromatic nitrogens is 2. The smallest absolute Gasteiger partial charge is 0.330 e. The summed E-state index contributed by atoms with van der Waals surface area (Å²) in [4.78, 5) is 15.1. The standard InChI is InChI=1S/C8H13N3O2/c1-3-13-8(12)6(9)7-10-4-5-11(7)2/h4-6H,3,9H2,1-2H3/t6-/m0/s1. The second-order valence-corrected chi connectivity index (χ2v) is 2.63. The fourth-order valence-corrected chi connectivity index (χ4v) is 1.01. The quantitative estimate of drug-likeness (QED) is 0.669. The van der Waals surface area contributed by atoms with Crippen LogP contribution < -0.4 is 5.73 Å². The van der Waals surface area contributed by atoms with Crippen LogP contribution in [-0.2, 0) is 16.6 Å². The highest BCUT2D eigenvalue weighted by Gasteiger charge is 2.20. The molecule has 5 heteroatoms. The zero-order chi connectivity index (χ0) is 9.84. The first-order chi connectivity index (χ1) is 6.16. The van der Waals surface area contributed by atoms with E-state index in [0.29, 0.717) is 12.4 Å². The summed E-state index contributed by atoms with van der Waals surface area (Å²) in [7, 11) is 1.78. The molecule has 1 heterocycles. The van der Waals surface area contributed by atoms with Crippen LogP contribution in [0.1, 0.15) is 18.8 Å². The molecule has 0 aliphatic rings. The maximum atomic E-state index is 11.2. The van der Waals surface area contributed by atoms with E-state index in [-0.39, 0.29) is 0 Å². The van der Waals surface area contributed by atoms with Gasteiger partial charge in [-0.3, -0.25) is 0 Å². The fourth-order valence-electron chi connectivity index (χ4n) is 1.01. The topological polar surface area (TPSA) is 70.1 Å². The number of carbonyl (C=O) groups is 1. The fraction of sp³-hybridized carbons (Fsp3) is 0.500. The van der Waals surface area contributed by atoms with Crippen LogP contribution >= 0.6 is 0 Å². The summed E-state index contributed by atoms with van der Waals surface area (Å²) in [6.45, 7) is 2.07. The Morgan fingerprint density at radius 2 is 2.54 bits per heavy atom. The van der Waals surface area contributed by atoms with E-state index in [1.54, 1.807) is 30.9 Å². The maximum absolute atomic E-state index is 11.2. The molecule has 1 aromatic heterocycles. The van der Waals surface area contributed by atoms with Gasteiger partial charge in [0.2, 0.25) is 0 Å². The summed E-state index contributed by atoms with van der Waals surface area (Å²) < 4.78 is 6.46. The second kappa shape index (κ2) is 4.04. The van der Waals surface area contributed by atoms with E-state index < -0.39 is 12.0 Å². The van der Waals surface area contributed by atoms with E-state index in [2.05, 4.69) is 4.98 Å². The van der Waals surface area contributed by atoms with Crippen LogP contribution in [0.3, 0.4) is 0 Å². The number of nitrogens with zero attached hydrogens (tertiary/aromatic N) is 2. The largest absolute Gasteiger partial charge is 0.464 e. The summed E-state index contributed by atoms with van der Waals surface area (Å²) in [6, 6.07) is -0.792. The van der Waals surface area contributed by atoms with Gasteiger partial charge < -0.3 is 15.0 Å². The molecule has 0 saturated heterocycles. The molecule has 0 unspecified atom stereocenters. The van der Waals surface area contributed by atoms with Gasteiger partial charge in [-0.2, -0.15) is 0 Å². The molecule has 0 spiro atoms. The lowest BCUT2D eigenvalue weighted by molar-refractivity contribution is -0.145. The molecule has 13 heavy (non-hydrogen) atoms. The molecule has 2 N–H and O–H groups in total. The monoisotopic (exact) mass is 183 g/mol. The molecule has 0 bridgehead atoms. The van der Waals surface area contributed by atoms with Gasteiger partial charge in [-0.05, 0) is 6.92 Å². The molecule has 0 fully saturated rings. The third kappa shape index (κ3) is 2.06. The summed E-state index contributed by atoms with van der Waals surface area (Å²) in [5.74, 6) is 0.0650. The van der Waals surface area contributed by atoms with Gasteiger partial charge in [0.25, 0.3) is 0 Å². The number of rotatable bonds is 3. The minimum atomic E-state index is -0.792. The first kappa shape index (κ1) is 9.73. The molecule has 0 amide bonds. The summed E-state index contributed by atoms with van der Waals surface area (Å²) >= 11 is 0. The highest BCUT2D eigenvalue weighted by molar-refractivity contribution is 5.76. The second-order valence-electron chi connectivity index (χ2n) is 2.63. The molecule has 1 atom stereocenters. The predicted octanol–water partition coefficient (Wildman–Crippen LogP) is -0.0170. The van der Waals surface area contributed by atoms with Crippen molar-refractivity contribution in [3.63, 3.8) is 0 Å². The summed E-state index contributed by atoms with van der Waals surface area (Å²) in [5.41, 5.74) is 5.61. The highest BCUT2D eigenvalue weighted by Crippen LogP contribution is 2.07. The average Bonchev–Trinajstić information content (AvgIpc) is 2.50. The first-order valence-corrected chi connectivity index (χ1v) is 4.06. The summed E-state index contributed by atoms with van der Waals surface area (Å²) in [6.07, 6.45) is 3.32. The number of hydrogen-bond donors (Lipinski definition) is 1. The highest BCUT2D eigenvalue weighted by atomic mass is 16.5. The number of nitrogens with two attached hydrogens (primary N) is 1. The predicted molar refractivity (Wildman–Crippen MR) is 46.8 cm³/mol. The van der Waals surface area contributed by atoms with Gasteiger partial charge in [0.15, 0.2) is 6.04 Å². The Morgan fingerprint density at radius 1 is 1.85 bits per heavy atom. The lowest BCUT2D eigenvalue weighted by Crippen LogP contribution is -2.26. The molecule has 1 aromatic rings. The molecular formula is C8H13N3O2. The van der Waals surface area contributed by atoms with Gasteiger partial charge in [0, 0.05) is 19.4 Å². The van der Waals surface area contributed by atoms with E-state index in [1.807, 2.05) is 0 Å². The number of imidazole rings is 1. The lowest BCUT2D eigenvalue weighted by atomic mass is 10.3. The normalized spacial score (nSPS) is 12.5. The van der Waals surface area contributed by atoms with Crippen LogP contribution in [0.2, 0.25) is 0 Å². The zero-order valence-electron chi connectivity index (χ0n) is 7.73. The molecule has 0 aliphatic heterocycles. The Labute approximate surface area is 76.5 Å². The van der Waals surface area contributed by atoms with Gasteiger partial charge in [0.1, 0.15) is 5.82 Å². The third-order valence-electron chi connectivity index (χ3n) is 1.68. The lowest BCUT2D eigenvalue weighted by Gasteiger charge is -2.09. The van der Waals surface area contributed by atoms with Crippen molar-refractivity contribution in [2.45, 2.75) is 13.0 Å². The van der Waals surface area contributed by atoms with Gasteiger partial charge >= 0.3 is 5.97 Å². The van der Waals surface area contributed by atoms with Crippen molar-refractivity contribution in [2.24, 2.45) is 12.8 Å².